The van der Waals surface area contributed by atoms with E-state index in [2.05, 4.69) is 20.2 Å². The number of carbonyl (C=O) groups excluding carboxylic acids is 1. The summed E-state index contributed by atoms with van der Waals surface area (Å²) in [6.45, 7) is 9.11. The number of nitrogens with one attached hydrogen (secondary N) is 1. The van der Waals surface area contributed by atoms with Crippen molar-refractivity contribution in [1.29, 1.82) is 0 Å². The normalized spacial score (nSPS) is 22.5. The van der Waals surface area contributed by atoms with Gasteiger partial charge < -0.3 is 29.3 Å². The number of aromatic nitrogens is 3. The fraction of sp³-hybridized carbons (Fsp3) is 0.500. The van der Waals surface area contributed by atoms with Crippen LogP contribution in [-0.2, 0) is 9.47 Å². The predicted octanol–water partition coefficient (Wildman–Crippen LogP) is 5.04. The number of pyridine rings is 1. The number of benzene rings is 1. The molecule has 0 radical (unpaired) electrons. The summed E-state index contributed by atoms with van der Waals surface area (Å²) in [5.74, 6) is 2.48. The number of halogens is 1. The standard InChI is InChI=1S/C28H33ClN6O4/c1-28(2,3)39-27(36)35-13-19-11-20(35)12-34(19)24-7-5-22-25(33-24)26(31-16-30-22)32-18-4-6-23(21(29)10-18)38-15-17-8-9-37-14-17/h4-7,10,16-17,19-20H,8-9,11-15H2,1-3H3,(H,30,31,32)/t17-,19+,20+/m1/s1. The first kappa shape index (κ1) is 25.9. The Morgan fingerprint density at radius 3 is 2.77 bits per heavy atom. The third-order valence-corrected chi connectivity index (χ3v) is 7.62. The second-order valence-corrected chi connectivity index (χ2v) is 11.8. The lowest BCUT2D eigenvalue weighted by molar-refractivity contribution is 0.0214. The largest absolute Gasteiger partial charge is 0.492 e. The third kappa shape index (κ3) is 5.53. The minimum Gasteiger partial charge on any atom is -0.492 e. The predicted molar refractivity (Wildman–Crippen MR) is 149 cm³/mol. The molecule has 1 amide bonds. The summed E-state index contributed by atoms with van der Waals surface area (Å²) >= 11 is 6.53. The quantitative estimate of drug-likeness (QED) is 0.451. The molecule has 1 aromatic carbocycles. The molecule has 0 unspecified atom stereocenters. The van der Waals surface area contributed by atoms with Crippen LogP contribution in [0.1, 0.15) is 33.6 Å². The van der Waals surface area contributed by atoms with Crippen molar-refractivity contribution in [2.45, 2.75) is 51.3 Å². The van der Waals surface area contributed by atoms with Crippen LogP contribution in [0.25, 0.3) is 11.0 Å². The van der Waals surface area contributed by atoms with E-state index in [9.17, 15) is 4.79 Å². The summed E-state index contributed by atoms with van der Waals surface area (Å²) in [6, 6.07) is 9.83. The molecule has 10 nitrogen and oxygen atoms in total. The van der Waals surface area contributed by atoms with Crippen molar-refractivity contribution in [3.05, 3.63) is 41.7 Å². The van der Waals surface area contributed by atoms with Crippen molar-refractivity contribution in [2.75, 3.05) is 43.1 Å². The van der Waals surface area contributed by atoms with Crippen LogP contribution in [0.4, 0.5) is 22.1 Å². The summed E-state index contributed by atoms with van der Waals surface area (Å²) < 4.78 is 16.9. The van der Waals surface area contributed by atoms with Crippen molar-refractivity contribution in [3.63, 3.8) is 0 Å². The molecule has 3 atom stereocenters. The van der Waals surface area contributed by atoms with Gasteiger partial charge in [-0.25, -0.2) is 19.7 Å². The SMILES string of the molecule is CC(C)(C)OC(=O)N1C[C@@H]2C[C@H]1CN2c1ccc2ncnc(Nc3ccc(OC[C@@H]4CCOC4)c(Cl)c3)c2n1. The average Bonchev–Trinajstić information content (AvgIpc) is 3.65. The van der Waals surface area contributed by atoms with Crippen LogP contribution in [0.3, 0.4) is 0 Å². The van der Waals surface area contributed by atoms with Crippen molar-refractivity contribution in [1.82, 2.24) is 19.9 Å². The first-order chi connectivity index (χ1) is 18.7. The monoisotopic (exact) mass is 552 g/mol. The number of ether oxygens (including phenoxy) is 3. The summed E-state index contributed by atoms with van der Waals surface area (Å²) in [5.41, 5.74) is 1.67. The van der Waals surface area contributed by atoms with Crippen molar-refractivity contribution in [3.8, 4) is 5.75 Å². The Morgan fingerprint density at radius 1 is 1.18 bits per heavy atom. The molecule has 6 rings (SSSR count). The molecule has 3 aliphatic heterocycles. The molecule has 0 saturated carbocycles. The zero-order chi connectivity index (χ0) is 27.1. The van der Waals surface area contributed by atoms with E-state index in [-0.39, 0.29) is 18.2 Å². The number of carbonyl (C=O) groups is 1. The van der Waals surface area contributed by atoms with Gasteiger partial charge in [0.25, 0.3) is 0 Å². The highest BCUT2D eigenvalue weighted by atomic mass is 35.5. The maximum Gasteiger partial charge on any atom is 0.410 e. The molecule has 2 bridgehead atoms. The van der Waals surface area contributed by atoms with E-state index < -0.39 is 5.60 Å². The third-order valence-electron chi connectivity index (χ3n) is 7.32. The lowest BCUT2D eigenvalue weighted by Gasteiger charge is -2.35. The minimum absolute atomic E-state index is 0.107. The second kappa shape index (κ2) is 10.3. The van der Waals surface area contributed by atoms with E-state index in [0.717, 1.165) is 43.1 Å². The summed E-state index contributed by atoms with van der Waals surface area (Å²) in [4.78, 5) is 30.6. The average molecular weight is 553 g/mol. The molecular formula is C28H33ClN6O4. The van der Waals surface area contributed by atoms with Gasteiger partial charge in [0.1, 0.15) is 29.0 Å². The second-order valence-electron chi connectivity index (χ2n) is 11.4. The molecule has 3 fully saturated rings. The lowest BCUT2D eigenvalue weighted by atomic mass is 10.1. The molecule has 11 heteroatoms. The van der Waals surface area contributed by atoms with Gasteiger partial charge in [0.05, 0.1) is 35.8 Å². The molecule has 3 aliphatic rings. The maximum absolute atomic E-state index is 12.7. The van der Waals surface area contributed by atoms with Gasteiger partial charge in [0.15, 0.2) is 5.82 Å². The van der Waals surface area contributed by atoms with E-state index in [1.165, 1.54) is 6.33 Å². The molecule has 3 aromatic rings. The van der Waals surface area contributed by atoms with E-state index >= 15 is 0 Å². The molecule has 0 aliphatic carbocycles. The number of hydrogen-bond acceptors (Lipinski definition) is 9. The number of nitrogens with zero attached hydrogens (tertiary/aromatic N) is 5. The fourth-order valence-electron chi connectivity index (χ4n) is 5.43. The van der Waals surface area contributed by atoms with E-state index in [4.69, 9.17) is 30.8 Å². The van der Waals surface area contributed by atoms with Gasteiger partial charge in [0, 0.05) is 31.3 Å². The first-order valence-corrected chi connectivity index (χ1v) is 13.8. The molecule has 39 heavy (non-hydrogen) atoms. The Balaban J connectivity index is 1.16. The number of fused-ring (bicyclic) bond motifs is 3. The Morgan fingerprint density at radius 2 is 2.05 bits per heavy atom. The van der Waals surface area contributed by atoms with Crippen LogP contribution >= 0.6 is 11.6 Å². The summed E-state index contributed by atoms with van der Waals surface area (Å²) in [5, 5.41) is 3.87. The highest BCUT2D eigenvalue weighted by Crippen LogP contribution is 2.36. The smallest absolute Gasteiger partial charge is 0.410 e. The van der Waals surface area contributed by atoms with Crippen molar-refractivity contribution in [2.24, 2.45) is 5.92 Å². The fourth-order valence-corrected chi connectivity index (χ4v) is 5.66. The van der Waals surface area contributed by atoms with Gasteiger partial charge in [-0.2, -0.15) is 0 Å². The molecule has 0 spiro atoms. The number of likely N-dealkylation sites (tertiary alicyclic amines) is 1. The van der Waals surface area contributed by atoms with Gasteiger partial charge in [-0.1, -0.05) is 11.6 Å². The Hall–Kier alpha value is -3.37. The topological polar surface area (TPSA) is 102 Å². The van der Waals surface area contributed by atoms with E-state index in [0.29, 0.717) is 47.7 Å². The number of anilines is 3. The number of piperazine rings is 1. The van der Waals surface area contributed by atoms with Crippen LogP contribution in [0, 0.1) is 5.92 Å². The first-order valence-electron chi connectivity index (χ1n) is 13.4. The van der Waals surface area contributed by atoms with Gasteiger partial charge >= 0.3 is 6.09 Å². The number of rotatable bonds is 6. The highest BCUT2D eigenvalue weighted by Gasteiger charge is 2.47. The Bertz CT molecular complexity index is 1380. The van der Waals surface area contributed by atoms with Crippen LogP contribution in [0.2, 0.25) is 5.02 Å². The minimum atomic E-state index is -0.510. The van der Waals surface area contributed by atoms with E-state index in [1.54, 1.807) is 0 Å². The summed E-state index contributed by atoms with van der Waals surface area (Å²) in [6.07, 6.45) is 3.18. The Kier molecular flexibility index (Phi) is 6.84. The van der Waals surface area contributed by atoms with Crippen LogP contribution < -0.4 is 15.0 Å². The lowest BCUT2D eigenvalue weighted by Crippen LogP contribution is -2.50. The Labute approximate surface area is 232 Å². The zero-order valence-electron chi connectivity index (χ0n) is 22.4. The molecular weight excluding hydrogens is 520 g/mol. The summed E-state index contributed by atoms with van der Waals surface area (Å²) in [7, 11) is 0. The number of amides is 1. The highest BCUT2D eigenvalue weighted by molar-refractivity contribution is 6.32. The molecule has 1 N–H and O–H groups in total. The van der Waals surface area contributed by atoms with E-state index in [1.807, 2.05) is 56.0 Å². The van der Waals surface area contributed by atoms with Gasteiger partial charge in [-0.15, -0.1) is 0 Å². The van der Waals surface area contributed by atoms with Gasteiger partial charge in [0.2, 0.25) is 0 Å². The van der Waals surface area contributed by atoms with Gasteiger partial charge in [-0.3, -0.25) is 0 Å². The molecule has 206 valence electrons. The molecule has 5 heterocycles. The number of hydrogen-bond donors (Lipinski definition) is 1. The zero-order valence-corrected chi connectivity index (χ0v) is 23.1. The molecule has 3 saturated heterocycles. The van der Waals surface area contributed by atoms with Crippen molar-refractivity contribution >= 4 is 46.1 Å². The van der Waals surface area contributed by atoms with Crippen molar-refractivity contribution < 1.29 is 19.0 Å². The van der Waals surface area contributed by atoms with Crippen LogP contribution in [-0.4, -0.2) is 76.5 Å². The van der Waals surface area contributed by atoms with Crippen LogP contribution in [0.15, 0.2) is 36.7 Å². The van der Waals surface area contributed by atoms with Crippen LogP contribution in [0.5, 0.6) is 5.75 Å². The van der Waals surface area contributed by atoms with Gasteiger partial charge in [-0.05, 0) is 63.9 Å². The molecule has 2 aromatic heterocycles. The maximum atomic E-state index is 12.7.